The van der Waals surface area contributed by atoms with Crippen molar-refractivity contribution in [3.63, 3.8) is 0 Å². The highest BCUT2D eigenvalue weighted by Crippen LogP contribution is 2.56. The maximum atomic E-state index is 14.5. The van der Waals surface area contributed by atoms with Gasteiger partial charge < -0.3 is 25.0 Å². The lowest BCUT2D eigenvalue weighted by Gasteiger charge is -2.32. The van der Waals surface area contributed by atoms with Gasteiger partial charge in [-0.2, -0.15) is 0 Å². The molecule has 4 aliphatic rings. The Morgan fingerprint density at radius 3 is 2.50 bits per heavy atom. The molecule has 2 N–H and O–H groups in total. The fourth-order valence-electron chi connectivity index (χ4n) is 8.13. The Labute approximate surface area is 258 Å². The Morgan fingerprint density at radius 2 is 1.77 bits per heavy atom. The van der Waals surface area contributed by atoms with Gasteiger partial charge in [0.2, 0.25) is 0 Å². The Hall–Kier alpha value is -3.86. The monoisotopic (exact) mass is 598 g/mol. The molecule has 4 aliphatic heterocycles. The molecule has 7 rings (SSSR count). The number of hydrogen-bond donors (Lipinski definition) is 2. The number of methoxy groups -OCH3 is 1. The molecule has 1 spiro atoms. The summed E-state index contributed by atoms with van der Waals surface area (Å²) >= 11 is 0. The van der Waals surface area contributed by atoms with Gasteiger partial charge in [0, 0.05) is 90.0 Å². The van der Waals surface area contributed by atoms with Crippen LogP contribution in [0.25, 0.3) is 10.8 Å². The number of carbonyl (C=O) groups is 2. The van der Waals surface area contributed by atoms with Crippen LogP contribution in [0.4, 0.5) is 10.5 Å². The minimum absolute atomic E-state index is 0.00673. The lowest BCUT2D eigenvalue weighted by atomic mass is 9.87. The van der Waals surface area contributed by atoms with Gasteiger partial charge in [-0.25, -0.2) is 4.79 Å². The SMILES string of the molecule is COc1ccc(CN2CC3CC(c4ccc(N(C)C)c5ccccc45)N4C(=O)N(CCN5CCNCC5)C(=O)C34C2)cc1O. The molecular weight excluding hydrogens is 556 g/mol. The number of carbonyl (C=O) groups excluding carboxylic acids is 2. The highest BCUT2D eigenvalue weighted by Gasteiger charge is 2.70. The first-order valence-corrected chi connectivity index (χ1v) is 15.7. The van der Waals surface area contributed by atoms with Gasteiger partial charge in [0.25, 0.3) is 5.91 Å². The van der Waals surface area contributed by atoms with E-state index in [0.717, 1.165) is 60.2 Å². The summed E-state index contributed by atoms with van der Waals surface area (Å²) in [5.41, 5.74) is 2.28. The molecule has 0 aliphatic carbocycles. The van der Waals surface area contributed by atoms with Crippen molar-refractivity contribution in [3.05, 3.63) is 65.7 Å². The standard InChI is InChI=1S/C34H42N6O4/c1-36(2)28-10-9-27(25-6-4-5-7-26(25)28)29-19-24-21-38(20-23-8-11-31(44-3)30(41)18-23)22-34(24)32(42)39(33(43)40(29)34)17-16-37-14-12-35-13-15-37/h4-11,18,24,29,35,41H,12-17,19-22H2,1-3H3. The molecule has 3 aromatic rings. The number of phenols is 1. The molecule has 10 heteroatoms. The van der Waals surface area contributed by atoms with Gasteiger partial charge in [0.1, 0.15) is 5.54 Å². The number of urea groups is 1. The predicted octanol–water partition coefficient (Wildman–Crippen LogP) is 3.11. The second kappa shape index (κ2) is 11.3. The molecule has 232 valence electrons. The highest BCUT2D eigenvalue weighted by atomic mass is 16.5. The summed E-state index contributed by atoms with van der Waals surface area (Å²) in [6.07, 6.45) is 0.735. The zero-order valence-electron chi connectivity index (χ0n) is 25.8. The summed E-state index contributed by atoms with van der Waals surface area (Å²) < 4.78 is 5.23. The van der Waals surface area contributed by atoms with E-state index in [9.17, 15) is 14.7 Å². The van der Waals surface area contributed by atoms with Crippen LogP contribution in [0.5, 0.6) is 11.5 Å². The third kappa shape index (κ3) is 4.58. The second-order valence-electron chi connectivity index (χ2n) is 12.9. The fourth-order valence-corrected chi connectivity index (χ4v) is 8.13. The minimum Gasteiger partial charge on any atom is -0.504 e. The van der Waals surface area contributed by atoms with Gasteiger partial charge in [-0.1, -0.05) is 36.4 Å². The van der Waals surface area contributed by atoms with Crippen LogP contribution in [0.3, 0.4) is 0 Å². The molecule has 3 unspecified atom stereocenters. The van der Waals surface area contributed by atoms with Crippen molar-refractivity contribution in [3.8, 4) is 11.5 Å². The first kappa shape index (κ1) is 28.9. The number of phenolic OH excluding ortho intramolecular Hbond substituents is 1. The molecule has 44 heavy (non-hydrogen) atoms. The third-order valence-corrected chi connectivity index (χ3v) is 10.2. The maximum Gasteiger partial charge on any atom is 0.328 e. The molecule has 0 aromatic heterocycles. The van der Waals surface area contributed by atoms with Crippen molar-refractivity contribution in [1.82, 2.24) is 24.9 Å². The van der Waals surface area contributed by atoms with E-state index in [1.54, 1.807) is 17.0 Å². The summed E-state index contributed by atoms with van der Waals surface area (Å²) in [5, 5.41) is 16.0. The normalized spacial score (nSPS) is 25.6. The van der Waals surface area contributed by atoms with Crippen LogP contribution in [0.1, 0.15) is 23.6 Å². The zero-order valence-corrected chi connectivity index (χ0v) is 25.8. The average Bonchev–Trinajstić information content (AvgIpc) is 3.60. The van der Waals surface area contributed by atoms with Crippen LogP contribution in [0, 0.1) is 5.92 Å². The van der Waals surface area contributed by atoms with Gasteiger partial charge in [-0.05, 0) is 41.1 Å². The van der Waals surface area contributed by atoms with Gasteiger partial charge in [-0.3, -0.25) is 19.5 Å². The van der Waals surface area contributed by atoms with E-state index in [-0.39, 0.29) is 29.6 Å². The Kier molecular flexibility index (Phi) is 7.39. The number of ether oxygens (including phenoxy) is 1. The number of nitrogens with one attached hydrogen (secondary N) is 1. The van der Waals surface area contributed by atoms with Crippen LogP contribution in [0.15, 0.2) is 54.6 Å². The molecule has 3 aromatic carbocycles. The quantitative estimate of drug-likeness (QED) is 0.383. The molecular formula is C34H42N6O4. The summed E-state index contributed by atoms with van der Waals surface area (Å²) in [6.45, 7) is 6.54. The number of benzene rings is 3. The highest BCUT2D eigenvalue weighted by molar-refractivity contribution is 6.09. The van der Waals surface area contributed by atoms with Crippen molar-refractivity contribution in [1.29, 1.82) is 0 Å². The van der Waals surface area contributed by atoms with Gasteiger partial charge >= 0.3 is 6.03 Å². The van der Waals surface area contributed by atoms with E-state index in [1.165, 1.54) is 7.11 Å². The second-order valence-corrected chi connectivity index (χ2v) is 12.9. The van der Waals surface area contributed by atoms with E-state index in [4.69, 9.17) is 4.74 Å². The smallest absolute Gasteiger partial charge is 0.328 e. The molecule has 0 bridgehead atoms. The Balaban J connectivity index is 1.23. The van der Waals surface area contributed by atoms with E-state index < -0.39 is 5.54 Å². The molecule has 4 fully saturated rings. The molecule has 10 nitrogen and oxygen atoms in total. The number of imide groups is 1. The van der Waals surface area contributed by atoms with Crippen LogP contribution in [-0.2, 0) is 11.3 Å². The maximum absolute atomic E-state index is 14.5. The first-order valence-electron chi connectivity index (χ1n) is 15.7. The number of amides is 3. The number of nitrogens with zero attached hydrogens (tertiary/aromatic N) is 5. The molecule has 3 atom stereocenters. The summed E-state index contributed by atoms with van der Waals surface area (Å²) in [7, 11) is 5.63. The number of hydrogen-bond acceptors (Lipinski definition) is 8. The molecule has 0 saturated carbocycles. The zero-order chi connectivity index (χ0) is 30.6. The molecule has 4 saturated heterocycles. The van der Waals surface area contributed by atoms with Crippen LogP contribution >= 0.6 is 0 Å². The predicted molar refractivity (Wildman–Crippen MR) is 170 cm³/mol. The van der Waals surface area contributed by atoms with Gasteiger partial charge in [0.15, 0.2) is 11.5 Å². The number of fused-ring (bicyclic) bond motifs is 1. The van der Waals surface area contributed by atoms with Crippen molar-refractivity contribution in [2.75, 3.05) is 78.5 Å². The average molecular weight is 599 g/mol. The number of rotatable bonds is 8. The van der Waals surface area contributed by atoms with E-state index >= 15 is 0 Å². The lowest BCUT2D eigenvalue weighted by Crippen LogP contribution is -2.52. The van der Waals surface area contributed by atoms with Gasteiger partial charge in [-0.15, -0.1) is 0 Å². The largest absolute Gasteiger partial charge is 0.504 e. The van der Waals surface area contributed by atoms with Crippen LogP contribution < -0.4 is 15.0 Å². The minimum atomic E-state index is -0.902. The lowest BCUT2D eigenvalue weighted by molar-refractivity contribution is -0.133. The summed E-state index contributed by atoms with van der Waals surface area (Å²) in [5.74, 6) is 0.485. The van der Waals surface area contributed by atoms with Crippen LogP contribution in [0.2, 0.25) is 0 Å². The van der Waals surface area contributed by atoms with Crippen molar-refractivity contribution >= 4 is 28.4 Å². The molecule has 0 radical (unpaired) electrons. The van der Waals surface area contributed by atoms with E-state index in [1.807, 2.05) is 25.1 Å². The summed E-state index contributed by atoms with van der Waals surface area (Å²) in [6, 6.07) is 17.8. The van der Waals surface area contributed by atoms with Crippen molar-refractivity contribution in [2.24, 2.45) is 5.92 Å². The van der Waals surface area contributed by atoms with Crippen molar-refractivity contribution < 1.29 is 19.4 Å². The number of piperazine rings is 1. The number of likely N-dealkylation sites (tertiary alicyclic amines) is 1. The molecule has 3 amide bonds. The topological polar surface area (TPSA) is 91.8 Å². The van der Waals surface area contributed by atoms with Crippen molar-refractivity contribution in [2.45, 2.75) is 24.5 Å². The Morgan fingerprint density at radius 1 is 1.00 bits per heavy atom. The molecule has 4 heterocycles. The van der Waals surface area contributed by atoms with Gasteiger partial charge in [0.05, 0.1) is 13.2 Å². The third-order valence-electron chi connectivity index (χ3n) is 10.2. The number of anilines is 1. The Bertz CT molecular complexity index is 1590. The van der Waals surface area contributed by atoms with E-state index in [0.29, 0.717) is 38.5 Å². The van der Waals surface area contributed by atoms with Crippen LogP contribution in [-0.4, -0.2) is 116 Å². The number of aromatic hydroxyl groups is 1. The van der Waals surface area contributed by atoms with E-state index in [2.05, 4.69) is 56.4 Å². The summed E-state index contributed by atoms with van der Waals surface area (Å²) in [4.78, 5) is 39.2. The fraction of sp³-hybridized carbons (Fsp3) is 0.471. The first-order chi connectivity index (χ1) is 21.3.